The number of ether oxygens (including phenoxy) is 1. The van der Waals surface area contributed by atoms with Crippen LogP contribution in [0.3, 0.4) is 0 Å². The Hall–Kier alpha value is -0.450. The molecule has 1 aromatic carbocycles. The molecule has 0 aliphatic heterocycles. The van der Waals surface area contributed by atoms with Crippen LogP contribution >= 0.6 is 15.9 Å². The maximum atomic E-state index is 13.1. The number of halogens is 2. The molecule has 0 aliphatic carbocycles. The van der Waals surface area contributed by atoms with Crippen LogP contribution in [0.5, 0.6) is 0 Å². The van der Waals surface area contributed by atoms with E-state index >= 15 is 0 Å². The molecule has 0 radical (unpaired) electrons. The van der Waals surface area contributed by atoms with Crippen molar-refractivity contribution >= 4 is 15.9 Å². The third-order valence-corrected chi connectivity index (χ3v) is 2.80. The molecule has 17 heavy (non-hydrogen) atoms. The Morgan fingerprint density at radius 1 is 1.35 bits per heavy atom. The van der Waals surface area contributed by atoms with Gasteiger partial charge in [0.2, 0.25) is 0 Å². The summed E-state index contributed by atoms with van der Waals surface area (Å²) < 4.78 is 19.5. The van der Waals surface area contributed by atoms with E-state index in [1.54, 1.807) is 0 Å². The van der Waals surface area contributed by atoms with Gasteiger partial charge in [0.05, 0.1) is 5.60 Å². The van der Waals surface area contributed by atoms with E-state index in [0.717, 1.165) is 16.6 Å². The number of hydrogen-bond donors (Lipinski definition) is 1. The molecule has 0 atom stereocenters. The van der Waals surface area contributed by atoms with Gasteiger partial charge in [-0.2, -0.15) is 0 Å². The lowest BCUT2D eigenvalue weighted by atomic mass is 10.1. The summed E-state index contributed by atoms with van der Waals surface area (Å²) in [5, 5.41) is 3.27. The zero-order valence-electron chi connectivity index (χ0n) is 10.5. The second kappa shape index (κ2) is 6.47. The Morgan fingerprint density at radius 3 is 2.65 bits per heavy atom. The van der Waals surface area contributed by atoms with E-state index in [1.807, 2.05) is 26.8 Å². The van der Waals surface area contributed by atoms with E-state index in [2.05, 4.69) is 21.2 Å². The van der Waals surface area contributed by atoms with Crippen molar-refractivity contribution in [2.75, 3.05) is 13.2 Å². The Kier molecular flexibility index (Phi) is 5.56. The fourth-order valence-corrected chi connectivity index (χ4v) is 2.18. The summed E-state index contributed by atoms with van der Waals surface area (Å²) in [4.78, 5) is 0. The van der Waals surface area contributed by atoms with Crippen molar-refractivity contribution in [3.8, 4) is 0 Å². The van der Waals surface area contributed by atoms with E-state index in [9.17, 15) is 4.39 Å². The first-order chi connectivity index (χ1) is 7.93. The van der Waals surface area contributed by atoms with Crippen molar-refractivity contribution in [3.63, 3.8) is 0 Å². The predicted octanol–water partition coefficient (Wildman–Crippen LogP) is 3.49. The van der Waals surface area contributed by atoms with Gasteiger partial charge in [0.25, 0.3) is 0 Å². The summed E-state index contributed by atoms with van der Waals surface area (Å²) in [6.45, 7) is 8.10. The van der Waals surface area contributed by atoms with Crippen molar-refractivity contribution < 1.29 is 9.13 Å². The molecule has 4 heteroatoms. The summed E-state index contributed by atoms with van der Waals surface area (Å²) in [7, 11) is 0. The fourth-order valence-electron chi connectivity index (χ4n) is 1.66. The molecule has 0 unspecified atom stereocenters. The molecule has 1 rings (SSSR count). The number of nitrogens with one attached hydrogen (secondary N) is 1. The van der Waals surface area contributed by atoms with E-state index in [-0.39, 0.29) is 11.4 Å². The zero-order valence-corrected chi connectivity index (χ0v) is 12.1. The van der Waals surface area contributed by atoms with E-state index in [4.69, 9.17) is 4.74 Å². The summed E-state index contributed by atoms with van der Waals surface area (Å²) >= 11 is 3.28. The van der Waals surface area contributed by atoms with E-state index in [1.165, 1.54) is 12.1 Å². The quantitative estimate of drug-likeness (QED) is 0.868. The van der Waals surface area contributed by atoms with Crippen molar-refractivity contribution in [1.82, 2.24) is 5.32 Å². The Bertz CT molecular complexity index is 348. The van der Waals surface area contributed by atoms with Gasteiger partial charge in [0.15, 0.2) is 0 Å². The Morgan fingerprint density at radius 2 is 2.06 bits per heavy atom. The second-order valence-corrected chi connectivity index (χ2v) is 5.49. The van der Waals surface area contributed by atoms with Crippen LogP contribution in [0.1, 0.15) is 26.3 Å². The highest BCUT2D eigenvalue weighted by molar-refractivity contribution is 9.10. The molecule has 0 saturated carbocycles. The summed E-state index contributed by atoms with van der Waals surface area (Å²) in [6, 6.07) is 4.89. The molecule has 96 valence electrons. The van der Waals surface area contributed by atoms with Crippen LogP contribution in [0.25, 0.3) is 0 Å². The van der Waals surface area contributed by atoms with Crippen LogP contribution < -0.4 is 5.32 Å². The van der Waals surface area contributed by atoms with Gasteiger partial charge in [-0.1, -0.05) is 15.9 Å². The molecule has 0 aromatic heterocycles. The van der Waals surface area contributed by atoms with Crippen LogP contribution in [-0.2, 0) is 11.3 Å². The minimum atomic E-state index is -0.222. The van der Waals surface area contributed by atoms with Crippen LogP contribution in [-0.4, -0.2) is 18.8 Å². The normalized spacial score (nSPS) is 11.8. The molecule has 0 aliphatic rings. The standard InChI is InChI=1S/C13H19BrFNO/c1-4-17-13(2,3)9-16-8-10-5-11(14)7-12(15)6-10/h5-7,16H,4,8-9H2,1-3H3. The highest BCUT2D eigenvalue weighted by atomic mass is 79.9. The highest BCUT2D eigenvalue weighted by Crippen LogP contribution is 2.15. The SMILES string of the molecule is CCOC(C)(C)CNCc1cc(F)cc(Br)c1. The van der Waals surface area contributed by atoms with Crippen LogP contribution in [0.2, 0.25) is 0 Å². The molecular formula is C13H19BrFNO. The van der Waals surface area contributed by atoms with Gasteiger partial charge < -0.3 is 10.1 Å². The average Bonchev–Trinajstić information content (AvgIpc) is 2.15. The maximum Gasteiger partial charge on any atom is 0.124 e. The number of rotatable bonds is 6. The van der Waals surface area contributed by atoms with Gasteiger partial charge in [-0.25, -0.2) is 4.39 Å². The summed E-state index contributed by atoms with van der Waals surface area (Å²) in [5.41, 5.74) is 0.725. The van der Waals surface area contributed by atoms with Gasteiger partial charge in [0.1, 0.15) is 5.82 Å². The molecule has 0 spiro atoms. The third kappa shape index (κ3) is 5.61. The van der Waals surface area contributed by atoms with Gasteiger partial charge in [0, 0.05) is 24.2 Å². The monoisotopic (exact) mass is 303 g/mol. The lowest BCUT2D eigenvalue weighted by Gasteiger charge is -2.25. The topological polar surface area (TPSA) is 21.3 Å². The highest BCUT2D eigenvalue weighted by Gasteiger charge is 2.16. The Balaban J connectivity index is 2.45. The third-order valence-electron chi connectivity index (χ3n) is 2.34. The molecule has 1 aromatic rings. The van der Waals surface area contributed by atoms with Gasteiger partial charge in [-0.15, -0.1) is 0 Å². The zero-order chi connectivity index (χ0) is 12.9. The number of hydrogen-bond acceptors (Lipinski definition) is 2. The molecule has 0 saturated heterocycles. The van der Waals surface area contributed by atoms with Gasteiger partial charge in [-0.3, -0.25) is 0 Å². The molecule has 0 amide bonds. The van der Waals surface area contributed by atoms with Crippen molar-refractivity contribution in [3.05, 3.63) is 34.1 Å². The molecule has 2 nitrogen and oxygen atoms in total. The summed E-state index contributed by atoms with van der Waals surface area (Å²) in [6.07, 6.45) is 0. The molecular weight excluding hydrogens is 285 g/mol. The minimum Gasteiger partial charge on any atom is -0.375 e. The maximum absolute atomic E-state index is 13.1. The van der Waals surface area contributed by atoms with Crippen molar-refractivity contribution in [2.24, 2.45) is 0 Å². The second-order valence-electron chi connectivity index (χ2n) is 4.57. The van der Waals surface area contributed by atoms with Crippen LogP contribution in [0.15, 0.2) is 22.7 Å². The molecule has 0 heterocycles. The largest absolute Gasteiger partial charge is 0.375 e. The fraction of sp³-hybridized carbons (Fsp3) is 0.538. The van der Waals surface area contributed by atoms with Crippen molar-refractivity contribution in [1.29, 1.82) is 0 Å². The first-order valence-corrected chi connectivity index (χ1v) is 6.52. The Labute approximate surface area is 111 Å². The average molecular weight is 304 g/mol. The lowest BCUT2D eigenvalue weighted by molar-refractivity contribution is -0.00897. The first kappa shape index (κ1) is 14.6. The first-order valence-electron chi connectivity index (χ1n) is 5.72. The molecule has 0 fully saturated rings. The number of benzene rings is 1. The lowest BCUT2D eigenvalue weighted by Crippen LogP contribution is -2.37. The van der Waals surface area contributed by atoms with Crippen LogP contribution in [0, 0.1) is 5.82 Å². The molecule has 1 N–H and O–H groups in total. The van der Waals surface area contributed by atoms with E-state index < -0.39 is 0 Å². The van der Waals surface area contributed by atoms with E-state index in [0.29, 0.717) is 13.2 Å². The summed E-state index contributed by atoms with van der Waals surface area (Å²) in [5.74, 6) is -0.222. The van der Waals surface area contributed by atoms with Gasteiger partial charge in [-0.05, 0) is 44.5 Å². The van der Waals surface area contributed by atoms with Gasteiger partial charge >= 0.3 is 0 Å². The smallest absolute Gasteiger partial charge is 0.124 e. The predicted molar refractivity (Wildman–Crippen MR) is 71.5 cm³/mol. The van der Waals surface area contributed by atoms with Crippen molar-refractivity contribution in [2.45, 2.75) is 32.9 Å². The minimum absolute atomic E-state index is 0.195. The van der Waals surface area contributed by atoms with Crippen LogP contribution in [0.4, 0.5) is 4.39 Å². The molecule has 0 bridgehead atoms.